The van der Waals surface area contributed by atoms with Gasteiger partial charge in [0.05, 0.1) is 33.9 Å². The molecule has 5 nitrogen and oxygen atoms in total. The summed E-state index contributed by atoms with van der Waals surface area (Å²) < 4.78 is 90.2. The van der Waals surface area contributed by atoms with Crippen molar-refractivity contribution in [2.75, 3.05) is 11.3 Å². The lowest BCUT2D eigenvalue weighted by Crippen LogP contribution is -2.21. The molecule has 0 bridgehead atoms. The summed E-state index contributed by atoms with van der Waals surface area (Å²) in [5, 5.41) is 3.13. The number of fused-ring (bicyclic) bond motifs is 1. The van der Waals surface area contributed by atoms with Gasteiger partial charge in [-0.25, -0.2) is 22.2 Å². The number of rotatable bonds is 7. The summed E-state index contributed by atoms with van der Waals surface area (Å²) in [6.45, 7) is -0.456. The standard InChI is InChI=1S/C19H16F5N3O2S/c20-17(21)11-25-10-14-7-4-12-2-1-3-16(18(12)26-14)27-30(28,29)15-8-5-13(6-9-15)19(22,23)24/h1-9,17,25,27H,10-11H2. The molecule has 2 N–H and O–H groups in total. The Morgan fingerprint density at radius 3 is 2.30 bits per heavy atom. The monoisotopic (exact) mass is 445 g/mol. The largest absolute Gasteiger partial charge is 0.416 e. The van der Waals surface area contributed by atoms with Crippen molar-refractivity contribution < 1.29 is 30.4 Å². The van der Waals surface area contributed by atoms with E-state index < -0.39 is 34.7 Å². The van der Waals surface area contributed by atoms with Gasteiger partial charge in [0.15, 0.2) is 0 Å². The van der Waals surface area contributed by atoms with Gasteiger partial charge >= 0.3 is 6.18 Å². The van der Waals surface area contributed by atoms with Gasteiger partial charge in [0.25, 0.3) is 16.4 Å². The van der Waals surface area contributed by atoms with Gasteiger partial charge in [-0.3, -0.25) is 4.72 Å². The Kier molecular flexibility index (Phi) is 6.22. The van der Waals surface area contributed by atoms with E-state index in [0.717, 1.165) is 12.1 Å². The van der Waals surface area contributed by atoms with E-state index in [0.29, 0.717) is 23.2 Å². The molecule has 0 fully saturated rings. The maximum atomic E-state index is 12.7. The molecule has 3 aromatic rings. The van der Waals surface area contributed by atoms with E-state index in [1.54, 1.807) is 24.3 Å². The smallest absolute Gasteiger partial charge is 0.306 e. The Balaban J connectivity index is 1.88. The Hall–Kier alpha value is -2.79. The highest BCUT2D eigenvalue weighted by Gasteiger charge is 2.30. The zero-order valence-electron chi connectivity index (χ0n) is 15.2. The van der Waals surface area contributed by atoms with Crippen LogP contribution in [0.5, 0.6) is 0 Å². The summed E-state index contributed by atoms with van der Waals surface area (Å²) in [5.74, 6) is 0. The number of anilines is 1. The van der Waals surface area contributed by atoms with Crippen LogP contribution in [0.15, 0.2) is 59.5 Å². The molecule has 160 valence electrons. The molecule has 0 aliphatic heterocycles. The fourth-order valence-electron chi connectivity index (χ4n) is 2.70. The second-order valence-electron chi connectivity index (χ2n) is 6.33. The molecule has 1 aromatic heterocycles. The van der Waals surface area contributed by atoms with Gasteiger partial charge in [-0.2, -0.15) is 13.2 Å². The summed E-state index contributed by atoms with van der Waals surface area (Å²) in [4.78, 5) is 3.97. The number of nitrogens with zero attached hydrogens (tertiary/aromatic N) is 1. The molecule has 0 amide bonds. The first-order valence-electron chi connectivity index (χ1n) is 8.64. The summed E-state index contributed by atoms with van der Waals surface area (Å²) >= 11 is 0. The lowest BCUT2D eigenvalue weighted by atomic mass is 10.2. The minimum absolute atomic E-state index is 0.0558. The fraction of sp³-hybridized carbons (Fsp3) is 0.211. The number of halogens is 5. The Bertz CT molecular complexity index is 1130. The molecule has 1 heterocycles. The Morgan fingerprint density at radius 2 is 1.67 bits per heavy atom. The van der Waals surface area contributed by atoms with Crippen LogP contribution in [0.4, 0.5) is 27.6 Å². The minimum Gasteiger partial charge on any atom is -0.306 e. The van der Waals surface area contributed by atoms with E-state index in [9.17, 15) is 30.4 Å². The van der Waals surface area contributed by atoms with Crippen LogP contribution in [0, 0.1) is 0 Å². The number of alkyl halides is 5. The van der Waals surface area contributed by atoms with E-state index >= 15 is 0 Å². The van der Waals surface area contributed by atoms with Crippen LogP contribution in [0.25, 0.3) is 10.9 Å². The van der Waals surface area contributed by atoms with Crippen molar-refractivity contribution in [3.05, 3.63) is 65.9 Å². The van der Waals surface area contributed by atoms with Crippen LogP contribution < -0.4 is 10.0 Å². The molecule has 0 atom stereocenters. The average molecular weight is 445 g/mol. The van der Waals surface area contributed by atoms with Crippen LogP contribution in [-0.4, -0.2) is 26.4 Å². The lowest BCUT2D eigenvalue weighted by molar-refractivity contribution is -0.137. The van der Waals surface area contributed by atoms with Crippen molar-refractivity contribution in [1.82, 2.24) is 10.3 Å². The highest BCUT2D eigenvalue weighted by Crippen LogP contribution is 2.30. The summed E-state index contributed by atoms with van der Waals surface area (Å²) in [6.07, 6.45) is -7.10. The molecule has 0 saturated heterocycles. The van der Waals surface area contributed by atoms with Gasteiger partial charge in [-0.1, -0.05) is 18.2 Å². The molecular weight excluding hydrogens is 429 g/mol. The van der Waals surface area contributed by atoms with Crippen molar-refractivity contribution in [2.24, 2.45) is 0 Å². The van der Waals surface area contributed by atoms with Gasteiger partial charge in [-0.05, 0) is 36.4 Å². The highest BCUT2D eigenvalue weighted by atomic mass is 32.2. The molecule has 0 aliphatic rings. The van der Waals surface area contributed by atoms with E-state index in [-0.39, 0.29) is 22.6 Å². The van der Waals surface area contributed by atoms with Crippen molar-refractivity contribution in [3.63, 3.8) is 0 Å². The van der Waals surface area contributed by atoms with Crippen LogP contribution in [0.2, 0.25) is 0 Å². The third-order valence-electron chi connectivity index (χ3n) is 4.12. The summed E-state index contributed by atoms with van der Waals surface area (Å²) in [6, 6.07) is 11.1. The van der Waals surface area contributed by atoms with Crippen molar-refractivity contribution >= 4 is 26.6 Å². The number of benzene rings is 2. The van der Waals surface area contributed by atoms with Crippen LogP contribution >= 0.6 is 0 Å². The Labute approximate surface area is 169 Å². The number of nitrogens with one attached hydrogen (secondary N) is 2. The molecule has 30 heavy (non-hydrogen) atoms. The van der Waals surface area contributed by atoms with E-state index in [2.05, 4.69) is 15.0 Å². The first kappa shape index (κ1) is 21.9. The van der Waals surface area contributed by atoms with E-state index in [4.69, 9.17) is 0 Å². The maximum absolute atomic E-state index is 12.7. The van der Waals surface area contributed by atoms with Gasteiger partial charge in [0, 0.05) is 11.9 Å². The SMILES string of the molecule is O=S(=O)(Nc1cccc2ccc(CNCC(F)F)nc12)c1ccc(C(F)(F)F)cc1. The number of hydrogen-bond donors (Lipinski definition) is 2. The van der Waals surface area contributed by atoms with Gasteiger partial charge in [0.2, 0.25) is 0 Å². The fourth-order valence-corrected chi connectivity index (χ4v) is 3.77. The third-order valence-corrected chi connectivity index (χ3v) is 5.50. The molecule has 3 rings (SSSR count). The van der Waals surface area contributed by atoms with Crippen molar-refractivity contribution in [1.29, 1.82) is 0 Å². The molecule has 0 spiro atoms. The van der Waals surface area contributed by atoms with Crippen LogP contribution in [0.3, 0.4) is 0 Å². The molecular formula is C19H16F5N3O2S. The Morgan fingerprint density at radius 1 is 0.967 bits per heavy atom. The minimum atomic E-state index is -4.58. The van der Waals surface area contributed by atoms with Gasteiger partial charge < -0.3 is 5.32 Å². The third kappa shape index (κ3) is 5.22. The van der Waals surface area contributed by atoms with E-state index in [1.807, 2.05) is 0 Å². The second kappa shape index (κ2) is 8.52. The molecule has 0 saturated carbocycles. The topological polar surface area (TPSA) is 71.1 Å². The first-order valence-corrected chi connectivity index (χ1v) is 10.1. The number of pyridine rings is 1. The second-order valence-corrected chi connectivity index (χ2v) is 8.01. The number of sulfonamides is 1. The van der Waals surface area contributed by atoms with Crippen molar-refractivity contribution in [3.8, 4) is 0 Å². The van der Waals surface area contributed by atoms with Gasteiger partial charge in [0.1, 0.15) is 0 Å². The molecule has 2 aromatic carbocycles. The van der Waals surface area contributed by atoms with Crippen molar-refractivity contribution in [2.45, 2.75) is 24.0 Å². The van der Waals surface area contributed by atoms with Crippen LogP contribution in [-0.2, 0) is 22.7 Å². The number of para-hydroxylation sites is 1. The molecule has 0 aliphatic carbocycles. The molecule has 0 unspecified atom stereocenters. The normalized spacial score (nSPS) is 12.5. The zero-order valence-corrected chi connectivity index (χ0v) is 16.1. The predicted octanol–water partition coefficient (Wildman–Crippen LogP) is 4.41. The van der Waals surface area contributed by atoms with Gasteiger partial charge in [-0.15, -0.1) is 0 Å². The molecule has 11 heteroatoms. The predicted molar refractivity (Wildman–Crippen MR) is 102 cm³/mol. The highest BCUT2D eigenvalue weighted by molar-refractivity contribution is 7.92. The van der Waals surface area contributed by atoms with Crippen LogP contribution in [0.1, 0.15) is 11.3 Å². The summed E-state index contributed by atoms with van der Waals surface area (Å²) in [7, 11) is -4.18. The summed E-state index contributed by atoms with van der Waals surface area (Å²) in [5.41, 5.74) is -0.147. The van der Waals surface area contributed by atoms with E-state index in [1.165, 1.54) is 6.07 Å². The quantitative estimate of drug-likeness (QED) is 0.529. The number of hydrogen-bond acceptors (Lipinski definition) is 4. The zero-order chi connectivity index (χ0) is 21.9. The molecule has 0 radical (unpaired) electrons. The lowest BCUT2D eigenvalue weighted by Gasteiger charge is -2.12. The number of aromatic nitrogens is 1. The maximum Gasteiger partial charge on any atom is 0.416 e. The first-order chi connectivity index (χ1) is 14.1. The average Bonchev–Trinajstić information content (AvgIpc) is 2.67.